The van der Waals surface area contributed by atoms with Crippen LogP contribution in [0.2, 0.25) is 0 Å². The highest BCUT2D eigenvalue weighted by Gasteiger charge is 2.34. The number of unbranched alkanes of at least 4 members (excludes halogenated alkanes) is 1. The standard InChI is InChI=1S/C27H37N3O5/c1-18(2)17-24(29-23(27(34)35)11-7-8-16-28)25(31)30(19(3)26(32)33)22-14-12-21(13-15-22)20-9-5-4-6-10-20/h4-6,9-10,12-15,18-19,23-24,29H,7-8,11,16-17,28H2,1-3H3,(H,32,33)(H,34,35)/t19-,23-,24-/m0/s1. The number of benzene rings is 2. The van der Waals surface area contributed by atoms with Gasteiger partial charge in [-0.15, -0.1) is 0 Å². The Morgan fingerprint density at radius 2 is 1.46 bits per heavy atom. The number of carbonyl (C=O) groups excluding carboxylic acids is 1. The molecule has 0 saturated carbocycles. The van der Waals surface area contributed by atoms with E-state index < -0.39 is 36.0 Å². The van der Waals surface area contributed by atoms with Crippen molar-refractivity contribution < 1.29 is 24.6 Å². The first kappa shape index (κ1) is 28.0. The van der Waals surface area contributed by atoms with Crippen molar-refractivity contribution in [3.05, 3.63) is 54.6 Å². The number of hydrogen-bond donors (Lipinski definition) is 4. The largest absolute Gasteiger partial charge is 0.480 e. The Morgan fingerprint density at radius 3 is 1.97 bits per heavy atom. The molecule has 0 aromatic heterocycles. The zero-order chi connectivity index (χ0) is 26.0. The number of anilines is 1. The molecule has 8 heteroatoms. The summed E-state index contributed by atoms with van der Waals surface area (Å²) >= 11 is 0. The van der Waals surface area contributed by atoms with E-state index in [9.17, 15) is 24.6 Å². The summed E-state index contributed by atoms with van der Waals surface area (Å²) in [6, 6.07) is 13.9. The van der Waals surface area contributed by atoms with Crippen LogP contribution in [0.1, 0.15) is 46.5 Å². The van der Waals surface area contributed by atoms with E-state index in [1.54, 1.807) is 12.1 Å². The molecule has 0 bridgehead atoms. The third-order valence-corrected chi connectivity index (χ3v) is 5.89. The first-order valence-electron chi connectivity index (χ1n) is 12.1. The lowest BCUT2D eigenvalue weighted by Gasteiger charge is -2.33. The Balaban J connectivity index is 2.38. The summed E-state index contributed by atoms with van der Waals surface area (Å²) in [5.74, 6) is -2.58. The Hall–Kier alpha value is -3.23. The molecule has 1 amide bonds. The maximum absolute atomic E-state index is 13.8. The van der Waals surface area contributed by atoms with E-state index in [1.165, 1.54) is 11.8 Å². The Kier molecular flexibility index (Phi) is 10.9. The summed E-state index contributed by atoms with van der Waals surface area (Å²) in [6.45, 7) is 5.79. The van der Waals surface area contributed by atoms with Crippen LogP contribution in [0.15, 0.2) is 54.6 Å². The maximum atomic E-state index is 13.8. The molecule has 0 radical (unpaired) electrons. The zero-order valence-corrected chi connectivity index (χ0v) is 20.7. The molecule has 0 unspecified atom stereocenters. The van der Waals surface area contributed by atoms with Crippen LogP contribution in [0.4, 0.5) is 5.69 Å². The molecule has 190 valence electrons. The van der Waals surface area contributed by atoms with E-state index in [0.717, 1.165) is 11.1 Å². The van der Waals surface area contributed by atoms with Crippen LogP contribution in [0, 0.1) is 5.92 Å². The number of aliphatic carboxylic acids is 2. The van der Waals surface area contributed by atoms with Gasteiger partial charge in [0.05, 0.1) is 6.04 Å². The molecular weight excluding hydrogens is 446 g/mol. The third-order valence-electron chi connectivity index (χ3n) is 5.89. The Labute approximate surface area is 207 Å². The van der Waals surface area contributed by atoms with Gasteiger partial charge in [0.2, 0.25) is 5.91 Å². The summed E-state index contributed by atoms with van der Waals surface area (Å²) in [4.78, 5) is 38.8. The van der Waals surface area contributed by atoms with Gasteiger partial charge >= 0.3 is 11.9 Å². The highest BCUT2D eigenvalue weighted by Crippen LogP contribution is 2.26. The van der Waals surface area contributed by atoms with Crippen molar-refractivity contribution in [1.29, 1.82) is 0 Å². The van der Waals surface area contributed by atoms with Crippen LogP contribution in [0.25, 0.3) is 11.1 Å². The van der Waals surface area contributed by atoms with Crippen LogP contribution in [-0.4, -0.2) is 52.7 Å². The number of amides is 1. The molecule has 2 rings (SSSR count). The second kappa shape index (κ2) is 13.6. The first-order valence-corrected chi connectivity index (χ1v) is 12.1. The minimum Gasteiger partial charge on any atom is -0.480 e. The molecule has 8 nitrogen and oxygen atoms in total. The van der Waals surface area contributed by atoms with Gasteiger partial charge in [0.1, 0.15) is 12.1 Å². The molecule has 0 saturated heterocycles. The summed E-state index contributed by atoms with van der Waals surface area (Å²) in [5, 5.41) is 22.5. The predicted octanol–water partition coefficient (Wildman–Crippen LogP) is 3.75. The molecule has 0 fully saturated rings. The van der Waals surface area contributed by atoms with Crippen molar-refractivity contribution in [2.45, 2.75) is 64.6 Å². The van der Waals surface area contributed by atoms with Gasteiger partial charge in [0.15, 0.2) is 0 Å². The number of carboxylic acid groups (broad SMARTS) is 2. The quantitative estimate of drug-likeness (QED) is 0.301. The molecule has 35 heavy (non-hydrogen) atoms. The Bertz CT molecular complexity index is 963. The van der Waals surface area contributed by atoms with E-state index in [-0.39, 0.29) is 5.92 Å². The summed E-state index contributed by atoms with van der Waals surface area (Å²) in [6.07, 6.45) is 1.99. The zero-order valence-electron chi connectivity index (χ0n) is 20.7. The van der Waals surface area contributed by atoms with Crippen molar-refractivity contribution in [1.82, 2.24) is 5.32 Å². The summed E-state index contributed by atoms with van der Waals surface area (Å²) in [5.41, 5.74) is 7.92. The van der Waals surface area contributed by atoms with E-state index in [2.05, 4.69) is 5.32 Å². The van der Waals surface area contributed by atoms with Gasteiger partial charge in [-0.2, -0.15) is 0 Å². The van der Waals surface area contributed by atoms with Gasteiger partial charge < -0.3 is 15.9 Å². The highest BCUT2D eigenvalue weighted by atomic mass is 16.4. The number of nitrogens with zero attached hydrogens (tertiary/aromatic N) is 1. The van der Waals surface area contributed by atoms with E-state index in [4.69, 9.17) is 5.73 Å². The normalized spacial score (nSPS) is 13.7. The number of nitrogens with two attached hydrogens (primary N) is 1. The van der Waals surface area contributed by atoms with Gasteiger partial charge in [-0.05, 0) is 61.9 Å². The van der Waals surface area contributed by atoms with Gasteiger partial charge in [-0.3, -0.25) is 19.8 Å². The number of nitrogens with one attached hydrogen (secondary N) is 1. The molecule has 0 spiro atoms. The third kappa shape index (κ3) is 8.19. The lowest BCUT2D eigenvalue weighted by Crippen LogP contribution is -2.56. The number of rotatable bonds is 14. The topological polar surface area (TPSA) is 133 Å². The number of hydrogen-bond acceptors (Lipinski definition) is 5. The maximum Gasteiger partial charge on any atom is 0.326 e. The molecule has 0 heterocycles. The summed E-state index contributed by atoms with van der Waals surface area (Å²) < 4.78 is 0. The lowest BCUT2D eigenvalue weighted by atomic mass is 9.99. The first-order chi connectivity index (χ1) is 16.6. The summed E-state index contributed by atoms with van der Waals surface area (Å²) in [7, 11) is 0. The minimum absolute atomic E-state index is 0.0809. The average Bonchev–Trinajstić information content (AvgIpc) is 2.83. The van der Waals surface area contributed by atoms with Crippen LogP contribution >= 0.6 is 0 Å². The smallest absolute Gasteiger partial charge is 0.326 e. The van der Waals surface area contributed by atoms with Crippen molar-refractivity contribution in [3.8, 4) is 11.1 Å². The van der Waals surface area contributed by atoms with Crippen molar-refractivity contribution in [3.63, 3.8) is 0 Å². The van der Waals surface area contributed by atoms with Gasteiger partial charge in [0.25, 0.3) is 0 Å². The van der Waals surface area contributed by atoms with Crippen LogP contribution in [-0.2, 0) is 14.4 Å². The molecule has 3 atom stereocenters. The molecule has 0 aliphatic rings. The number of carboxylic acids is 2. The molecule has 0 aliphatic carbocycles. The van der Waals surface area contributed by atoms with Crippen molar-refractivity contribution in [2.75, 3.05) is 11.4 Å². The SMILES string of the molecule is CC(C)C[C@H](N[C@@H](CCCCN)C(=O)O)C(=O)N(c1ccc(-c2ccccc2)cc1)[C@@H](C)C(=O)O. The van der Waals surface area contributed by atoms with Gasteiger partial charge in [-0.1, -0.05) is 62.7 Å². The molecular formula is C27H37N3O5. The predicted molar refractivity (Wildman–Crippen MR) is 137 cm³/mol. The molecule has 5 N–H and O–H groups in total. The fourth-order valence-corrected chi connectivity index (χ4v) is 3.99. The monoisotopic (exact) mass is 483 g/mol. The lowest BCUT2D eigenvalue weighted by molar-refractivity contribution is -0.142. The van der Waals surface area contributed by atoms with Crippen molar-refractivity contribution in [2.24, 2.45) is 11.7 Å². The molecule has 0 aliphatic heterocycles. The molecule has 2 aromatic carbocycles. The van der Waals surface area contributed by atoms with Gasteiger partial charge in [0, 0.05) is 5.69 Å². The van der Waals surface area contributed by atoms with Crippen molar-refractivity contribution >= 4 is 23.5 Å². The van der Waals surface area contributed by atoms with Crippen LogP contribution in [0.5, 0.6) is 0 Å². The van der Waals surface area contributed by atoms with E-state index >= 15 is 0 Å². The van der Waals surface area contributed by atoms with E-state index in [0.29, 0.717) is 37.9 Å². The fraction of sp³-hybridized carbons (Fsp3) is 0.444. The second-order valence-electron chi connectivity index (χ2n) is 9.16. The van der Waals surface area contributed by atoms with Crippen LogP contribution < -0.4 is 16.0 Å². The van der Waals surface area contributed by atoms with Gasteiger partial charge in [-0.25, -0.2) is 4.79 Å². The van der Waals surface area contributed by atoms with Crippen LogP contribution in [0.3, 0.4) is 0 Å². The molecule has 2 aromatic rings. The number of carbonyl (C=O) groups is 3. The minimum atomic E-state index is -1.15. The second-order valence-corrected chi connectivity index (χ2v) is 9.16. The fourth-order valence-electron chi connectivity index (χ4n) is 3.99. The average molecular weight is 484 g/mol. The Morgan fingerprint density at radius 1 is 0.857 bits per heavy atom. The van der Waals surface area contributed by atoms with E-state index in [1.807, 2.05) is 56.3 Å². The highest BCUT2D eigenvalue weighted by molar-refractivity contribution is 6.02.